The van der Waals surface area contributed by atoms with Crippen molar-refractivity contribution in [2.75, 3.05) is 0 Å². The Bertz CT molecular complexity index is 615. The lowest BCUT2D eigenvalue weighted by molar-refractivity contribution is -0.149. The van der Waals surface area contributed by atoms with Gasteiger partial charge in [-0.15, -0.1) is 12.3 Å². The van der Waals surface area contributed by atoms with Gasteiger partial charge in [-0.3, -0.25) is 4.79 Å². The van der Waals surface area contributed by atoms with Gasteiger partial charge >= 0.3 is 5.97 Å². The van der Waals surface area contributed by atoms with Crippen molar-refractivity contribution in [2.45, 2.75) is 39.7 Å². The predicted molar refractivity (Wildman–Crippen MR) is 80.8 cm³/mol. The molecule has 3 atom stereocenters. The van der Waals surface area contributed by atoms with Crippen LogP contribution in [-0.2, 0) is 9.53 Å². The molecule has 2 aliphatic rings. The molecule has 0 aromatic rings. The van der Waals surface area contributed by atoms with Crippen LogP contribution in [0.5, 0.6) is 0 Å². The number of esters is 1. The maximum Gasteiger partial charge on any atom is 0.310 e. The summed E-state index contributed by atoms with van der Waals surface area (Å²) in [5, 5.41) is 0. The molecule has 0 bridgehead atoms. The van der Waals surface area contributed by atoms with Gasteiger partial charge in [0.1, 0.15) is 6.10 Å². The van der Waals surface area contributed by atoms with Crippen molar-refractivity contribution < 1.29 is 18.3 Å². The third kappa shape index (κ3) is 2.85. The van der Waals surface area contributed by atoms with Crippen LogP contribution < -0.4 is 0 Å². The predicted octanol–water partition coefficient (Wildman–Crippen LogP) is 4.25. The van der Waals surface area contributed by atoms with E-state index < -0.39 is 29.3 Å². The van der Waals surface area contributed by atoms with Crippen LogP contribution in [0.25, 0.3) is 0 Å². The van der Waals surface area contributed by atoms with Crippen molar-refractivity contribution in [3.63, 3.8) is 0 Å². The number of carbonyl (C=O) groups excluding carboxylic acids is 1. The van der Waals surface area contributed by atoms with Gasteiger partial charge in [0.2, 0.25) is 0 Å². The molecule has 22 heavy (non-hydrogen) atoms. The Kier molecular flexibility index (Phi) is 4.28. The Morgan fingerprint density at radius 2 is 2.18 bits per heavy atom. The van der Waals surface area contributed by atoms with Crippen molar-refractivity contribution in [3.05, 3.63) is 35.5 Å². The van der Waals surface area contributed by atoms with E-state index >= 15 is 0 Å². The number of hydrogen-bond acceptors (Lipinski definition) is 2. The Morgan fingerprint density at radius 1 is 1.55 bits per heavy atom. The van der Waals surface area contributed by atoms with E-state index in [1.54, 1.807) is 13.8 Å². The summed E-state index contributed by atoms with van der Waals surface area (Å²) in [4.78, 5) is 12.3. The van der Waals surface area contributed by atoms with Gasteiger partial charge in [-0.1, -0.05) is 20.4 Å². The van der Waals surface area contributed by atoms with Gasteiger partial charge in [0.25, 0.3) is 6.08 Å². The van der Waals surface area contributed by atoms with Gasteiger partial charge < -0.3 is 4.74 Å². The Balaban J connectivity index is 2.07. The highest BCUT2D eigenvalue weighted by Crippen LogP contribution is 2.60. The maximum absolute atomic E-state index is 12.4. The van der Waals surface area contributed by atoms with Crippen molar-refractivity contribution in [1.29, 1.82) is 0 Å². The summed E-state index contributed by atoms with van der Waals surface area (Å²) >= 11 is 0. The second kappa shape index (κ2) is 5.72. The van der Waals surface area contributed by atoms with E-state index in [1.165, 1.54) is 0 Å². The zero-order chi connectivity index (χ0) is 16.7. The van der Waals surface area contributed by atoms with Crippen LogP contribution in [-0.4, -0.2) is 12.1 Å². The number of halogens is 2. The van der Waals surface area contributed by atoms with Crippen LogP contribution in [0.15, 0.2) is 35.5 Å². The molecule has 0 aromatic carbocycles. The SMILES string of the molecule is C#CCC1=C(C)[C@@H](OC(=O)[C@@H]2[C@@H](C=C(F)F)C2(C)C)CC1=C. The van der Waals surface area contributed by atoms with Gasteiger partial charge in [-0.2, -0.15) is 8.78 Å². The monoisotopic (exact) mass is 306 g/mol. The molecule has 0 amide bonds. The molecule has 118 valence electrons. The highest BCUT2D eigenvalue weighted by atomic mass is 19.3. The summed E-state index contributed by atoms with van der Waals surface area (Å²) in [5.41, 5.74) is 2.27. The average Bonchev–Trinajstić information content (AvgIpc) is 2.83. The average molecular weight is 306 g/mol. The molecule has 0 N–H and O–H groups in total. The second-order valence-electron chi connectivity index (χ2n) is 6.56. The van der Waals surface area contributed by atoms with Gasteiger partial charge in [0, 0.05) is 18.8 Å². The topological polar surface area (TPSA) is 26.3 Å². The molecule has 1 saturated carbocycles. The molecule has 0 unspecified atom stereocenters. The number of hydrogen-bond donors (Lipinski definition) is 0. The van der Waals surface area contributed by atoms with Crippen molar-refractivity contribution in [1.82, 2.24) is 0 Å². The number of terminal acetylenes is 1. The molecule has 4 heteroatoms. The van der Waals surface area contributed by atoms with Crippen LogP contribution in [0.3, 0.4) is 0 Å². The lowest BCUT2D eigenvalue weighted by atomic mass is 10.1. The zero-order valence-corrected chi connectivity index (χ0v) is 13.1. The van der Waals surface area contributed by atoms with E-state index in [0.29, 0.717) is 12.8 Å². The fourth-order valence-electron chi connectivity index (χ4n) is 3.26. The maximum atomic E-state index is 12.4. The molecule has 1 fully saturated rings. The fourth-order valence-corrected chi connectivity index (χ4v) is 3.26. The number of carbonyl (C=O) groups is 1. The molecular formula is C18H20F2O2. The second-order valence-corrected chi connectivity index (χ2v) is 6.56. The van der Waals surface area contributed by atoms with Gasteiger partial charge in [-0.05, 0) is 35.1 Å². The van der Waals surface area contributed by atoms with E-state index in [9.17, 15) is 13.6 Å². The van der Waals surface area contributed by atoms with Crippen LogP contribution >= 0.6 is 0 Å². The van der Waals surface area contributed by atoms with Crippen molar-refractivity contribution in [2.24, 2.45) is 17.3 Å². The number of rotatable bonds is 4. The highest BCUT2D eigenvalue weighted by molar-refractivity contribution is 5.79. The van der Waals surface area contributed by atoms with E-state index in [4.69, 9.17) is 11.2 Å². The first-order chi connectivity index (χ1) is 10.2. The summed E-state index contributed by atoms with van der Waals surface area (Å²) in [6.45, 7) is 9.42. The van der Waals surface area contributed by atoms with Crippen LogP contribution in [0.4, 0.5) is 8.78 Å². The molecule has 0 heterocycles. The summed E-state index contributed by atoms with van der Waals surface area (Å²) in [6.07, 6.45) is 5.04. The lowest BCUT2D eigenvalue weighted by Crippen LogP contribution is -2.20. The third-order valence-corrected chi connectivity index (χ3v) is 4.82. The summed E-state index contributed by atoms with van der Waals surface area (Å²) in [6, 6.07) is 0. The van der Waals surface area contributed by atoms with Crippen LogP contribution in [0, 0.1) is 29.6 Å². The highest BCUT2D eigenvalue weighted by Gasteiger charge is 2.62. The molecule has 0 saturated heterocycles. The largest absolute Gasteiger partial charge is 0.457 e. The van der Waals surface area contributed by atoms with Crippen LogP contribution in [0.2, 0.25) is 0 Å². The molecule has 2 aliphatic carbocycles. The first-order valence-electron chi connectivity index (χ1n) is 7.24. The molecule has 0 aliphatic heterocycles. The van der Waals surface area contributed by atoms with Gasteiger partial charge in [0.15, 0.2) is 0 Å². The standard InChI is InChI=1S/C18H20F2O2/c1-6-7-12-10(2)8-14(11(12)3)22-17(21)16-13(9-15(19)20)18(16,4)5/h1,9,13-14,16H,2,7-8H2,3-5H3/t13-,14+,16+/m1/s1. The molecule has 0 radical (unpaired) electrons. The Labute approximate surface area is 129 Å². The lowest BCUT2D eigenvalue weighted by Gasteiger charge is -2.14. The fraction of sp³-hybridized carbons (Fsp3) is 0.500. The summed E-state index contributed by atoms with van der Waals surface area (Å²) in [5.74, 6) is 1.16. The van der Waals surface area contributed by atoms with Crippen molar-refractivity contribution in [3.8, 4) is 12.3 Å². The number of allylic oxidation sites excluding steroid dienone is 2. The van der Waals surface area contributed by atoms with Crippen LogP contribution in [0.1, 0.15) is 33.6 Å². The number of ether oxygens (including phenoxy) is 1. The Morgan fingerprint density at radius 3 is 2.73 bits per heavy atom. The van der Waals surface area contributed by atoms with Gasteiger partial charge in [-0.25, -0.2) is 0 Å². The van der Waals surface area contributed by atoms with E-state index in [2.05, 4.69) is 12.5 Å². The van der Waals surface area contributed by atoms with Gasteiger partial charge in [0.05, 0.1) is 5.92 Å². The summed E-state index contributed by atoms with van der Waals surface area (Å²) < 4.78 is 30.4. The minimum atomic E-state index is -1.75. The Hall–Kier alpha value is -1.89. The van der Waals surface area contributed by atoms with E-state index in [0.717, 1.165) is 22.8 Å². The smallest absolute Gasteiger partial charge is 0.310 e. The molecule has 2 nitrogen and oxygen atoms in total. The van der Waals surface area contributed by atoms with Crippen molar-refractivity contribution >= 4 is 5.97 Å². The normalized spacial score (nSPS) is 29.1. The molecule has 2 rings (SSSR count). The first-order valence-corrected chi connectivity index (χ1v) is 7.24. The minimum absolute atomic E-state index is 0.375. The molecular weight excluding hydrogens is 286 g/mol. The quantitative estimate of drug-likeness (QED) is 0.573. The third-order valence-electron chi connectivity index (χ3n) is 4.82. The summed E-state index contributed by atoms with van der Waals surface area (Å²) in [7, 11) is 0. The molecule has 0 aromatic heterocycles. The first kappa shape index (κ1) is 16.5. The van der Waals surface area contributed by atoms with E-state index in [-0.39, 0.29) is 6.10 Å². The zero-order valence-electron chi connectivity index (χ0n) is 13.1. The minimum Gasteiger partial charge on any atom is -0.457 e. The van der Waals surface area contributed by atoms with E-state index in [1.807, 2.05) is 6.92 Å². The molecule has 0 spiro atoms.